The van der Waals surface area contributed by atoms with E-state index in [2.05, 4.69) is 22.1 Å². The normalized spacial score (nSPS) is 10.6. The highest BCUT2D eigenvalue weighted by Crippen LogP contribution is 2.36. The van der Waals surface area contributed by atoms with Crippen LogP contribution in [0.5, 0.6) is 11.5 Å². The van der Waals surface area contributed by atoms with E-state index in [9.17, 15) is 9.59 Å². The maximum absolute atomic E-state index is 12.9. The molecule has 0 saturated carbocycles. The lowest BCUT2D eigenvalue weighted by Crippen LogP contribution is -2.16. The number of hydrogen-bond acceptors (Lipinski definition) is 9. The number of carbonyl (C=O) groups excluding carboxylic acids is 2. The Balaban J connectivity index is 1.43. The monoisotopic (exact) mass is 564 g/mol. The second-order valence-corrected chi connectivity index (χ2v) is 10.1. The van der Waals surface area contributed by atoms with Gasteiger partial charge >= 0.3 is 5.97 Å². The Kier molecular flexibility index (Phi) is 9.40. The van der Waals surface area contributed by atoms with Gasteiger partial charge in [-0.3, -0.25) is 9.36 Å². The molecular weight excluding hydrogens is 536 g/mol. The molecule has 2 heterocycles. The van der Waals surface area contributed by atoms with Crippen molar-refractivity contribution < 1.29 is 23.8 Å². The lowest BCUT2D eigenvalue weighted by Gasteiger charge is -2.10. The smallest absolute Gasteiger partial charge is 0.341 e. The molecule has 0 aliphatic carbocycles. The summed E-state index contributed by atoms with van der Waals surface area (Å²) >= 11 is 2.51. The zero-order valence-electron chi connectivity index (χ0n) is 21.8. The van der Waals surface area contributed by atoms with E-state index in [0.717, 1.165) is 16.9 Å². The van der Waals surface area contributed by atoms with Crippen molar-refractivity contribution >= 4 is 40.0 Å². The highest BCUT2D eigenvalue weighted by Gasteiger charge is 2.23. The van der Waals surface area contributed by atoms with E-state index in [1.807, 2.05) is 65.4 Å². The maximum atomic E-state index is 12.9. The highest BCUT2D eigenvalue weighted by atomic mass is 32.2. The van der Waals surface area contributed by atoms with Crippen LogP contribution >= 0.6 is 23.1 Å². The second-order valence-electron chi connectivity index (χ2n) is 8.31. The Bertz CT molecular complexity index is 1450. The van der Waals surface area contributed by atoms with Gasteiger partial charge in [-0.15, -0.1) is 28.1 Å². The number of nitrogens with zero attached hydrogens (tertiary/aromatic N) is 3. The van der Waals surface area contributed by atoms with Crippen molar-refractivity contribution in [2.24, 2.45) is 0 Å². The number of amides is 1. The molecule has 0 unspecified atom stereocenters. The van der Waals surface area contributed by atoms with E-state index >= 15 is 0 Å². The first-order valence-electron chi connectivity index (χ1n) is 11.9. The van der Waals surface area contributed by atoms with Gasteiger partial charge in [-0.25, -0.2) is 4.79 Å². The van der Waals surface area contributed by atoms with E-state index in [0.29, 0.717) is 39.4 Å². The third-order valence-electron chi connectivity index (χ3n) is 5.66. The fourth-order valence-electron chi connectivity index (χ4n) is 3.66. The van der Waals surface area contributed by atoms with Gasteiger partial charge in [-0.1, -0.05) is 47.7 Å². The molecule has 2 aromatic heterocycles. The molecule has 39 heavy (non-hydrogen) atoms. The molecule has 9 nitrogen and oxygen atoms in total. The van der Waals surface area contributed by atoms with E-state index in [1.54, 1.807) is 13.2 Å². The number of allylic oxidation sites excluding steroid dienone is 1. The summed E-state index contributed by atoms with van der Waals surface area (Å²) < 4.78 is 17.9. The molecule has 202 valence electrons. The first kappa shape index (κ1) is 27.9. The highest BCUT2D eigenvalue weighted by molar-refractivity contribution is 7.99. The summed E-state index contributed by atoms with van der Waals surface area (Å²) in [5.74, 6) is 1.27. The van der Waals surface area contributed by atoms with E-state index in [4.69, 9.17) is 14.2 Å². The summed E-state index contributed by atoms with van der Waals surface area (Å²) in [5.41, 5.74) is 3.02. The van der Waals surface area contributed by atoms with Gasteiger partial charge in [0.1, 0.15) is 28.7 Å². The molecule has 0 radical (unpaired) electrons. The van der Waals surface area contributed by atoms with E-state index in [1.165, 1.54) is 30.2 Å². The summed E-state index contributed by atoms with van der Waals surface area (Å²) in [5, 5.41) is 14.2. The average Bonchev–Trinajstić information content (AvgIpc) is 3.55. The predicted molar refractivity (Wildman–Crippen MR) is 153 cm³/mol. The number of benzene rings is 2. The van der Waals surface area contributed by atoms with Crippen LogP contribution in [0.25, 0.3) is 11.1 Å². The number of ether oxygens (including phenoxy) is 3. The van der Waals surface area contributed by atoms with Crippen molar-refractivity contribution in [1.29, 1.82) is 0 Å². The minimum atomic E-state index is -0.512. The molecule has 0 bridgehead atoms. The van der Waals surface area contributed by atoms with Crippen LogP contribution in [-0.4, -0.2) is 46.6 Å². The summed E-state index contributed by atoms with van der Waals surface area (Å²) in [6, 6.07) is 15.1. The molecule has 1 amide bonds. The molecule has 0 atom stereocenters. The van der Waals surface area contributed by atoms with Crippen LogP contribution in [0.3, 0.4) is 0 Å². The first-order valence-corrected chi connectivity index (χ1v) is 13.8. The van der Waals surface area contributed by atoms with Crippen LogP contribution in [-0.2, 0) is 22.7 Å². The molecule has 1 N–H and O–H groups in total. The van der Waals surface area contributed by atoms with Crippen molar-refractivity contribution in [2.45, 2.75) is 25.2 Å². The Morgan fingerprint density at radius 1 is 1.08 bits per heavy atom. The van der Waals surface area contributed by atoms with Crippen LogP contribution in [0.4, 0.5) is 5.00 Å². The van der Waals surface area contributed by atoms with Gasteiger partial charge in [-0.2, -0.15) is 0 Å². The molecule has 4 rings (SSSR count). The lowest BCUT2D eigenvalue weighted by atomic mass is 10.0. The number of esters is 1. The Labute approximate surface area is 234 Å². The summed E-state index contributed by atoms with van der Waals surface area (Å²) in [6.45, 7) is 6.45. The van der Waals surface area contributed by atoms with E-state index < -0.39 is 5.97 Å². The van der Waals surface area contributed by atoms with Crippen LogP contribution in [0.2, 0.25) is 0 Å². The molecule has 0 saturated heterocycles. The van der Waals surface area contributed by atoms with Gasteiger partial charge in [0, 0.05) is 17.5 Å². The van der Waals surface area contributed by atoms with Crippen molar-refractivity contribution in [3.8, 4) is 22.6 Å². The lowest BCUT2D eigenvalue weighted by molar-refractivity contribution is -0.113. The maximum Gasteiger partial charge on any atom is 0.341 e. The zero-order valence-corrected chi connectivity index (χ0v) is 23.4. The third kappa shape index (κ3) is 6.87. The number of anilines is 1. The number of aromatic nitrogens is 3. The Morgan fingerprint density at radius 3 is 2.46 bits per heavy atom. The van der Waals surface area contributed by atoms with Crippen molar-refractivity contribution in [3.63, 3.8) is 0 Å². The van der Waals surface area contributed by atoms with Crippen LogP contribution in [0.15, 0.2) is 71.7 Å². The fraction of sp³-hybridized carbons (Fsp3) is 0.214. The fourth-order valence-corrected chi connectivity index (χ4v) is 5.40. The number of nitrogens with one attached hydrogen (secondary N) is 1. The number of thioether (sulfide) groups is 1. The quantitative estimate of drug-likeness (QED) is 0.135. The van der Waals surface area contributed by atoms with E-state index in [-0.39, 0.29) is 18.3 Å². The van der Waals surface area contributed by atoms with Gasteiger partial charge in [0.2, 0.25) is 5.91 Å². The SMILES string of the molecule is C=CCn1c(COc2ccc(OC)cc2)nnc1SCC(=O)Nc1scc(-c2ccc(C)cc2)c1C(=O)OC. The molecule has 0 aliphatic heterocycles. The topological polar surface area (TPSA) is 105 Å². The first-order chi connectivity index (χ1) is 18.9. The number of carbonyl (C=O) groups is 2. The molecule has 11 heteroatoms. The number of hydrogen-bond donors (Lipinski definition) is 1. The molecule has 0 fully saturated rings. The molecule has 4 aromatic rings. The number of thiophene rings is 1. The van der Waals surface area contributed by atoms with Gasteiger partial charge in [0.05, 0.1) is 20.0 Å². The zero-order chi connectivity index (χ0) is 27.8. The second kappa shape index (κ2) is 13.1. The summed E-state index contributed by atoms with van der Waals surface area (Å²) in [6.07, 6.45) is 1.73. The number of rotatable bonds is 12. The van der Waals surface area contributed by atoms with Crippen molar-refractivity contribution in [3.05, 3.63) is 83.5 Å². The van der Waals surface area contributed by atoms with Gasteiger partial charge in [-0.05, 0) is 36.8 Å². The molecule has 2 aromatic carbocycles. The average molecular weight is 565 g/mol. The van der Waals surface area contributed by atoms with Gasteiger partial charge < -0.3 is 19.5 Å². The number of methoxy groups -OCH3 is 2. The summed E-state index contributed by atoms with van der Waals surface area (Å²) in [4.78, 5) is 25.5. The molecular formula is C28H28N4O5S2. The van der Waals surface area contributed by atoms with Crippen LogP contribution in [0, 0.1) is 6.92 Å². The van der Waals surface area contributed by atoms with Crippen LogP contribution < -0.4 is 14.8 Å². The number of aryl methyl sites for hydroxylation is 1. The Morgan fingerprint density at radius 2 is 1.79 bits per heavy atom. The molecule has 0 aliphatic rings. The Hall–Kier alpha value is -4.09. The predicted octanol–water partition coefficient (Wildman–Crippen LogP) is 5.61. The summed E-state index contributed by atoms with van der Waals surface area (Å²) in [7, 11) is 2.93. The van der Waals surface area contributed by atoms with Crippen molar-refractivity contribution in [1.82, 2.24) is 14.8 Å². The largest absolute Gasteiger partial charge is 0.497 e. The third-order valence-corrected chi connectivity index (χ3v) is 7.52. The van der Waals surface area contributed by atoms with Gasteiger partial charge in [0.15, 0.2) is 11.0 Å². The van der Waals surface area contributed by atoms with Crippen molar-refractivity contribution in [2.75, 3.05) is 25.3 Å². The molecule has 0 spiro atoms. The van der Waals surface area contributed by atoms with Gasteiger partial charge in [0.25, 0.3) is 0 Å². The standard InChI is InChI=1S/C28H28N4O5S2/c1-5-14-32-23(15-37-21-12-10-20(35-3)11-13-21)30-31-28(32)39-17-24(33)29-26-25(27(34)36-4)22(16-38-26)19-8-6-18(2)7-9-19/h5-13,16H,1,14-15,17H2,2-4H3,(H,29,33). The minimum absolute atomic E-state index is 0.0625. The van der Waals surface area contributed by atoms with Crippen LogP contribution in [0.1, 0.15) is 21.7 Å². The minimum Gasteiger partial charge on any atom is -0.497 e.